The molecule has 1 aromatic heterocycles. The van der Waals surface area contributed by atoms with Crippen molar-refractivity contribution in [1.82, 2.24) is 15.3 Å². The zero-order valence-corrected chi connectivity index (χ0v) is 8.34. The number of nitrogens with one attached hydrogen (secondary N) is 1. The SMILES string of the molecule is CNC(=O)c1cnc(Br)nc1C. The van der Waals surface area contributed by atoms with Gasteiger partial charge in [0.15, 0.2) is 4.73 Å². The van der Waals surface area contributed by atoms with Crippen molar-refractivity contribution in [3.8, 4) is 0 Å². The maximum Gasteiger partial charge on any atom is 0.254 e. The van der Waals surface area contributed by atoms with Crippen LogP contribution in [0.15, 0.2) is 10.9 Å². The van der Waals surface area contributed by atoms with Crippen LogP contribution >= 0.6 is 15.9 Å². The van der Waals surface area contributed by atoms with E-state index in [0.717, 1.165) is 0 Å². The molecule has 1 heterocycles. The van der Waals surface area contributed by atoms with E-state index in [0.29, 0.717) is 16.0 Å². The van der Waals surface area contributed by atoms with E-state index in [1.165, 1.54) is 6.20 Å². The molecule has 5 heteroatoms. The number of amides is 1. The molecule has 1 aromatic rings. The summed E-state index contributed by atoms with van der Waals surface area (Å²) in [7, 11) is 1.57. The van der Waals surface area contributed by atoms with Crippen molar-refractivity contribution in [3.63, 3.8) is 0 Å². The second kappa shape index (κ2) is 3.62. The summed E-state index contributed by atoms with van der Waals surface area (Å²) in [5.41, 5.74) is 1.16. The fraction of sp³-hybridized carbons (Fsp3) is 0.286. The Morgan fingerprint density at radius 2 is 2.33 bits per heavy atom. The maximum absolute atomic E-state index is 11.1. The third kappa shape index (κ3) is 1.79. The Labute approximate surface area is 78.5 Å². The Kier molecular flexibility index (Phi) is 2.75. The molecule has 0 spiro atoms. The smallest absolute Gasteiger partial charge is 0.254 e. The Morgan fingerprint density at radius 3 is 2.83 bits per heavy atom. The molecule has 1 rings (SSSR count). The lowest BCUT2D eigenvalue weighted by molar-refractivity contribution is 0.0961. The molecule has 4 nitrogen and oxygen atoms in total. The number of hydrogen-bond donors (Lipinski definition) is 1. The van der Waals surface area contributed by atoms with Crippen molar-refractivity contribution in [2.24, 2.45) is 0 Å². The van der Waals surface area contributed by atoms with Crippen LogP contribution in [0, 0.1) is 6.92 Å². The standard InChI is InChI=1S/C7H8BrN3O/c1-4-5(6(12)9-2)3-10-7(8)11-4/h3H,1-2H3,(H,9,12). The molecule has 64 valence electrons. The second-order valence-electron chi connectivity index (χ2n) is 2.22. The van der Waals surface area contributed by atoms with Crippen LogP contribution < -0.4 is 5.32 Å². The number of hydrogen-bond acceptors (Lipinski definition) is 3. The van der Waals surface area contributed by atoms with E-state index < -0.39 is 0 Å². The van der Waals surface area contributed by atoms with Gasteiger partial charge in [0.05, 0.1) is 11.3 Å². The van der Waals surface area contributed by atoms with Crippen LogP contribution in [0.1, 0.15) is 16.1 Å². The normalized spacial score (nSPS) is 9.58. The molecule has 0 unspecified atom stereocenters. The van der Waals surface area contributed by atoms with E-state index in [1.807, 2.05) is 0 Å². The van der Waals surface area contributed by atoms with Gasteiger partial charge in [-0.2, -0.15) is 0 Å². The third-order valence-corrected chi connectivity index (χ3v) is 1.80. The Morgan fingerprint density at radius 1 is 1.67 bits per heavy atom. The number of nitrogens with zero attached hydrogens (tertiary/aromatic N) is 2. The van der Waals surface area contributed by atoms with E-state index in [-0.39, 0.29) is 5.91 Å². The van der Waals surface area contributed by atoms with Crippen LogP contribution in [0.2, 0.25) is 0 Å². The van der Waals surface area contributed by atoms with Crippen molar-refractivity contribution in [2.75, 3.05) is 7.05 Å². The van der Waals surface area contributed by atoms with Gasteiger partial charge in [-0.1, -0.05) is 0 Å². The van der Waals surface area contributed by atoms with Gasteiger partial charge >= 0.3 is 0 Å². The van der Waals surface area contributed by atoms with Crippen LogP contribution in [-0.2, 0) is 0 Å². The van der Waals surface area contributed by atoms with E-state index in [9.17, 15) is 4.79 Å². The molecule has 1 amide bonds. The lowest BCUT2D eigenvalue weighted by atomic mass is 10.2. The molecule has 0 aliphatic heterocycles. The Hall–Kier alpha value is -0.970. The molecule has 0 bridgehead atoms. The molecule has 0 saturated carbocycles. The van der Waals surface area contributed by atoms with Gasteiger partial charge in [0, 0.05) is 13.2 Å². The molecular weight excluding hydrogens is 222 g/mol. The topological polar surface area (TPSA) is 54.9 Å². The quantitative estimate of drug-likeness (QED) is 0.729. The molecule has 0 atom stereocenters. The summed E-state index contributed by atoms with van der Waals surface area (Å²) in [6.07, 6.45) is 1.49. The molecular formula is C7H8BrN3O. The number of rotatable bonds is 1. The summed E-state index contributed by atoms with van der Waals surface area (Å²) in [6.45, 7) is 1.76. The Bertz CT molecular complexity index is 314. The largest absolute Gasteiger partial charge is 0.355 e. The van der Waals surface area contributed by atoms with Crippen molar-refractivity contribution in [1.29, 1.82) is 0 Å². The van der Waals surface area contributed by atoms with Crippen molar-refractivity contribution in [3.05, 3.63) is 22.2 Å². The van der Waals surface area contributed by atoms with Crippen LogP contribution in [-0.4, -0.2) is 22.9 Å². The summed E-state index contributed by atoms with van der Waals surface area (Å²) >= 11 is 3.11. The predicted molar refractivity (Wildman–Crippen MR) is 47.9 cm³/mol. The first-order valence-electron chi connectivity index (χ1n) is 3.36. The average Bonchev–Trinajstić information content (AvgIpc) is 2.03. The summed E-state index contributed by atoms with van der Waals surface area (Å²) in [6, 6.07) is 0. The number of aryl methyl sites for hydroxylation is 1. The van der Waals surface area contributed by atoms with Gasteiger partial charge < -0.3 is 5.32 Å². The van der Waals surface area contributed by atoms with Crippen LogP contribution in [0.4, 0.5) is 0 Å². The molecule has 12 heavy (non-hydrogen) atoms. The summed E-state index contributed by atoms with van der Waals surface area (Å²) < 4.78 is 0.493. The highest BCUT2D eigenvalue weighted by Gasteiger charge is 2.08. The van der Waals surface area contributed by atoms with Gasteiger partial charge in [-0.05, 0) is 22.9 Å². The first-order valence-corrected chi connectivity index (χ1v) is 4.15. The second-order valence-corrected chi connectivity index (χ2v) is 2.93. The van der Waals surface area contributed by atoms with Crippen LogP contribution in [0.25, 0.3) is 0 Å². The van der Waals surface area contributed by atoms with E-state index >= 15 is 0 Å². The fourth-order valence-corrected chi connectivity index (χ4v) is 1.16. The monoisotopic (exact) mass is 229 g/mol. The third-order valence-electron chi connectivity index (χ3n) is 1.42. The van der Waals surface area contributed by atoms with Crippen molar-refractivity contribution in [2.45, 2.75) is 6.92 Å². The number of carbonyl (C=O) groups is 1. The molecule has 1 N–H and O–H groups in total. The predicted octanol–water partition coefficient (Wildman–Crippen LogP) is 0.907. The highest BCUT2D eigenvalue weighted by molar-refractivity contribution is 9.10. The molecule has 0 saturated heterocycles. The van der Waals surface area contributed by atoms with Crippen molar-refractivity contribution < 1.29 is 4.79 Å². The van der Waals surface area contributed by atoms with E-state index in [4.69, 9.17) is 0 Å². The van der Waals surface area contributed by atoms with Gasteiger partial charge in [-0.25, -0.2) is 9.97 Å². The minimum atomic E-state index is -0.167. The van der Waals surface area contributed by atoms with Gasteiger partial charge in [0.2, 0.25) is 0 Å². The van der Waals surface area contributed by atoms with Crippen LogP contribution in [0.3, 0.4) is 0 Å². The minimum Gasteiger partial charge on any atom is -0.355 e. The maximum atomic E-state index is 11.1. The summed E-state index contributed by atoms with van der Waals surface area (Å²) in [4.78, 5) is 19.0. The Balaban J connectivity index is 3.09. The summed E-state index contributed by atoms with van der Waals surface area (Å²) in [5, 5.41) is 2.51. The van der Waals surface area contributed by atoms with Gasteiger partial charge in [0.1, 0.15) is 0 Å². The average molecular weight is 230 g/mol. The fourth-order valence-electron chi connectivity index (χ4n) is 0.796. The highest BCUT2D eigenvalue weighted by atomic mass is 79.9. The van der Waals surface area contributed by atoms with Crippen molar-refractivity contribution >= 4 is 21.8 Å². The van der Waals surface area contributed by atoms with Crippen LogP contribution in [0.5, 0.6) is 0 Å². The minimum absolute atomic E-state index is 0.167. The van der Waals surface area contributed by atoms with Gasteiger partial charge in [0.25, 0.3) is 5.91 Å². The molecule has 0 fully saturated rings. The highest BCUT2D eigenvalue weighted by Crippen LogP contribution is 2.07. The molecule has 0 radical (unpaired) electrons. The number of carbonyl (C=O) groups excluding carboxylic acids is 1. The number of halogens is 1. The van der Waals surface area contributed by atoms with Gasteiger partial charge in [-0.3, -0.25) is 4.79 Å². The van der Waals surface area contributed by atoms with E-state index in [1.54, 1.807) is 14.0 Å². The number of aromatic nitrogens is 2. The first kappa shape index (κ1) is 9.12. The van der Waals surface area contributed by atoms with E-state index in [2.05, 4.69) is 31.2 Å². The zero-order chi connectivity index (χ0) is 9.14. The summed E-state index contributed by atoms with van der Waals surface area (Å²) in [5.74, 6) is -0.167. The lowest BCUT2D eigenvalue weighted by Crippen LogP contribution is -2.19. The zero-order valence-electron chi connectivity index (χ0n) is 6.76. The molecule has 0 aliphatic rings. The molecule has 0 aliphatic carbocycles. The first-order chi connectivity index (χ1) is 5.65. The lowest BCUT2D eigenvalue weighted by Gasteiger charge is -2.01. The van der Waals surface area contributed by atoms with Gasteiger partial charge in [-0.15, -0.1) is 0 Å². The molecule has 0 aromatic carbocycles.